The van der Waals surface area contributed by atoms with Crippen molar-refractivity contribution in [2.24, 2.45) is 34.5 Å². The van der Waals surface area contributed by atoms with Gasteiger partial charge in [0, 0.05) is 18.8 Å². The standard InChI is InChI=1S/C22H30O3/c1-12-20(25-12)17-7-6-16-15-5-4-13-10-14(23)8-9-21(13,2)19(15)18(24)11-22(16,17)3/h10,12,15-17,19-20H,4-9,11H2,1-3H3/t12?,15-,16-,17+,19+,20?,21-,22-/m0/s1. The Balaban J connectivity index is 1.51. The first-order valence-electron chi connectivity index (χ1n) is 10.3. The topological polar surface area (TPSA) is 46.7 Å². The Kier molecular flexibility index (Phi) is 3.28. The number of rotatable bonds is 1. The van der Waals surface area contributed by atoms with Crippen LogP contribution in [0.1, 0.15) is 65.7 Å². The number of ether oxygens (including phenoxy) is 1. The molecular formula is C22H30O3. The second-order valence-corrected chi connectivity index (χ2v) is 9.98. The molecule has 5 rings (SSSR count). The molecule has 1 saturated heterocycles. The highest BCUT2D eigenvalue weighted by atomic mass is 16.6. The molecule has 0 aromatic carbocycles. The number of fused-ring (bicyclic) bond motifs is 5. The van der Waals surface area contributed by atoms with Crippen molar-refractivity contribution in [3.8, 4) is 0 Å². The molecule has 0 amide bonds. The zero-order valence-corrected chi connectivity index (χ0v) is 15.7. The number of carbonyl (C=O) groups is 2. The summed E-state index contributed by atoms with van der Waals surface area (Å²) in [5.74, 6) is 2.63. The number of hydrogen-bond donors (Lipinski definition) is 0. The van der Waals surface area contributed by atoms with Gasteiger partial charge in [-0.15, -0.1) is 0 Å². The zero-order valence-electron chi connectivity index (χ0n) is 15.7. The van der Waals surface area contributed by atoms with E-state index >= 15 is 0 Å². The molecule has 0 spiro atoms. The summed E-state index contributed by atoms with van der Waals surface area (Å²) in [5, 5.41) is 0. The van der Waals surface area contributed by atoms with Crippen molar-refractivity contribution in [3.05, 3.63) is 11.6 Å². The molecule has 1 aliphatic heterocycles. The van der Waals surface area contributed by atoms with E-state index in [9.17, 15) is 9.59 Å². The van der Waals surface area contributed by atoms with Gasteiger partial charge in [0.15, 0.2) is 5.78 Å². The third kappa shape index (κ3) is 2.08. The van der Waals surface area contributed by atoms with E-state index in [1.165, 1.54) is 18.4 Å². The second kappa shape index (κ2) is 5.06. The van der Waals surface area contributed by atoms with Crippen molar-refractivity contribution in [2.75, 3.05) is 0 Å². The van der Waals surface area contributed by atoms with Crippen molar-refractivity contribution in [3.63, 3.8) is 0 Å². The van der Waals surface area contributed by atoms with E-state index in [0.717, 1.165) is 25.7 Å². The number of Topliss-reactive ketones (excluding diaryl/α,β-unsaturated/α-hetero) is 1. The SMILES string of the molecule is CC1OC1[C@H]1CC[C@H]2[C@@H]3CCC4=CC(=O)CC[C@]4(C)[C@H]3C(=O)C[C@]12C. The Morgan fingerprint density at radius 3 is 2.52 bits per heavy atom. The van der Waals surface area contributed by atoms with Gasteiger partial charge in [-0.25, -0.2) is 0 Å². The third-order valence-electron chi connectivity index (χ3n) is 8.88. The van der Waals surface area contributed by atoms with Crippen LogP contribution in [0.5, 0.6) is 0 Å². The molecule has 3 heteroatoms. The van der Waals surface area contributed by atoms with Gasteiger partial charge in [0.25, 0.3) is 0 Å². The minimum absolute atomic E-state index is 0.0588. The van der Waals surface area contributed by atoms with Gasteiger partial charge in [-0.2, -0.15) is 0 Å². The molecule has 0 aromatic heterocycles. The second-order valence-electron chi connectivity index (χ2n) is 9.98. The summed E-state index contributed by atoms with van der Waals surface area (Å²) < 4.78 is 5.85. The molecular weight excluding hydrogens is 312 g/mol. The Morgan fingerprint density at radius 2 is 1.80 bits per heavy atom. The van der Waals surface area contributed by atoms with E-state index in [1.807, 2.05) is 6.08 Å². The number of epoxide rings is 1. The summed E-state index contributed by atoms with van der Waals surface area (Å²) in [6.45, 7) is 6.84. The van der Waals surface area contributed by atoms with Crippen LogP contribution in [-0.2, 0) is 14.3 Å². The van der Waals surface area contributed by atoms with Gasteiger partial charge in [-0.1, -0.05) is 19.4 Å². The van der Waals surface area contributed by atoms with E-state index in [0.29, 0.717) is 42.2 Å². The molecule has 0 N–H and O–H groups in total. The lowest BCUT2D eigenvalue weighted by Crippen LogP contribution is -2.55. The molecule has 0 radical (unpaired) electrons. The van der Waals surface area contributed by atoms with Crippen LogP contribution in [0.15, 0.2) is 11.6 Å². The van der Waals surface area contributed by atoms with Crippen molar-refractivity contribution in [1.82, 2.24) is 0 Å². The summed E-state index contributed by atoms with van der Waals surface area (Å²) in [5.41, 5.74) is 1.35. The molecule has 25 heavy (non-hydrogen) atoms. The summed E-state index contributed by atoms with van der Waals surface area (Å²) in [6.07, 6.45) is 9.49. The van der Waals surface area contributed by atoms with Crippen LogP contribution in [0, 0.1) is 34.5 Å². The molecule has 0 aromatic rings. The van der Waals surface area contributed by atoms with Crippen LogP contribution < -0.4 is 0 Å². The van der Waals surface area contributed by atoms with Gasteiger partial charge in [0.1, 0.15) is 5.78 Å². The van der Waals surface area contributed by atoms with E-state index < -0.39 is 0 Å². The van der Waals surface area contributed by atoms with Gasteiger partial charge >= 0.3 is 0 Å². The molecule has 3 saturated carbocycles. The van der Waals surface area contributed by atoms with Crippen LogP contribution in [0.25, 0.3) is 0 Å². The lowest BCUT2D eigenvalue weighted by molar-refractivity contribution is -0.146. The quantitative estimate of drug-likeness (QED) is 0.674. The van der Waals surface area contributed by atoms with Gasteiger partial charge in [-0.3, -0.25) is 9.59 Å². The number of allylic oxidation sites excluding steroid dienone is 1. The first-order valence-corrected chi connectivity index (χ1v) is 10.3. The maximum absolute atomic E-state index is 13.4. The fraction of sp³-hybridized carbons (Fsp3) is 0.818. The molecule has 4 aliphatic carbocycles. The van der Waals surface area contributed by atoms with Crippen LogP contribution in [0.4, 0.5) is 0 Å². The molecule has 4 fully saturated rings. The van der Waals surface area contributed by atoms with Crippen molar-refractivity contribution < 1.29 is 14.3 Å². The van der Waals surface area contributed by atoms with E-state index in [1.54, 1.807) is 0 Å². The first-order chi connectivity index (χ1) is 11.8. The molecule has 136 valence electrons. The van der Waals surface area contributed by atoms with Gasteiger partial charge in [0.05, 0.1) is 12.2 Å². The molecule has 5 aliphatic rings. The van der Waals surface area contributed by atoms with E-state index in [4.69, 9.17) is 4.74 Å². The minimum Gasteiger partial charge on any atom is -0.370 e. The van der Waals surface area contributed by atoms with Gasteiger partial charge < -0.3 is 4.74 Å². The fourth-order valence-electron chi connectivity index (χ4n) is 7.58. The van der Waals surface area contributed by atoms with Crippen molar-refractivity contribution >= 4 is 11.6 Å². The van der Waals surface area contributed by atoms with Crippen molar-refractivity contribution in [1.29, 1.82) is 0 Å². The monoisotopic (exact) mass is 342 g/mol. The summed E-state index contributed by atoms with van der Waals surface area (Å²) in [4.78, 5) is 25.4. The molecule has 0 bridgehead atoms. The van der Waals surface area contributed by atoms with Crippen LogP contribution >= 0.6 is 0 Å². The van der Waals surface area contributed by atoms with Crippen LogP contribution in [0.2, 0.25) is 0 Å². The molecule has 2 unspecified atom stereocenters. The number of ketones is 2. The predicted octanol–water partition coefficient (Wildman–Crippen LogP) is 4.10. The average Bonchev–Trinajstić information content (AvgIpc) is 3.15. The number of hydrogen-bond acceptors (Lipinski definition) is 3. The number of carbonyl (C=O) groups excluding carboxylic acids is 2. The maximum Gasteiger partial charge on any atom is 0.155 e. The fourth-order valence-corrected chi connectivity index (χ4v) is 7.58. The van der Waals surface area contributed by atoms with Gasteiger partial charge in [0.2, 0.25) is 0 Å². The Hall–Kier alpha value is -0.960. The predicted molar refractivity (Wildman–Crippen MR) is 94.9 cm³/mol. The lowest BCUT2D eigenvalue weighted by atomic mass is 9.46. The normalized spacial score (nSPS) is 54.4. The van der Waals surface area contributed by atoms with E-state index in [2.05, 4.69) is 20.8 Å². The van der Waals surface area contributed by atoms with Crippen LogP contribution in [0.3, 0.4) is 0 Å². The Labute approximate surface area is 150 Å². The average molecular weight is 342 g/mol. The lowest BCUT2D eigenvalue weighted by Gasteiger charge is -2.57. The highest BCUT2D eigenvalue weighted by molar-refractivity contribution is 5.93. The molecule has 3 nitrogen and oxygen atoms in total. The zero-order chi connectivity index (χ0) is 17.6. The minimum atomic E-state index is -0.0588. The molecule has 1 heterocycles. The van der Waals surface area contributed by atoms with Crippen LogP contribution in [-0.4, -0.2) is 23.8 Å². The smallest absolute Gasteiger partial charge is 0.155 e. The van der Waals surface area contributed by atoms with Crippen molar-refractivity contribution in [2.45, 2.75) is 77.9 Å². The van der Waals surface area contributed by atoms with Gasteiger partial charge in [-0.05, 0) is 73.7 Å². The highest BCUT2D eigenvalue weighted by Gasteiger charge is 2.65. The highest BCUT2D eigenvalue weighted by Crippen LogP contribution is 2.67. The third-order valence-corrected chi connectivity index (χ3v) is 8.88. The Morgan fingerprint density at radius 1 is 1.08 bits per heavy atom. The summed E-state index contributed by atoms with van der Waals surface area (Å²) >= 11 is 0. The summed E-state index contributed by atoms with van der Waals surface area (Å²) in [6, 6.07) is 0. The Bertz CT molecular complexity index is 679. The largest absolute Gasteiger partial charge is 0.370 e. The summed E-state index contributed by atoms with van der Waals surface area (Å²) in [7, 11) is 0. The maximum atomic E-state index is 13.4. The molecule has 8 atom stereocenters. The van der Waals surface area contributed by atoms with E-state index in [-0.39, 0.29) is 22.5 Å². The first kappa shape index (κ1) is 16.2.